The molecule has 1 heterocycles. The highest BCUT2D eigenvalue weighted by Gasteiger charge is 2.21. The van der Waals surface area contributed by atoms with Crippen LogP contribution in [0.2, 0.25) is 0 Å². The molecule has 1 unspecified atom stereocenters. The first-order valence-electron chi connectivity index (χ1n) is 11.4. The summed E-state index contributed by atoms with van der Waals surface area (Å²) in [6.45, 7) is 1.83. The Balaban J connectivity index is 1.60. The molecule has 0 saturated heterocycles. The number of amides is 2. The first kappa shape index (κ1) is 24.6. The fraction of sp³-hybridized carbons (Fsp3) is 0.222. The van der Waals surface area contributed by atoms with Crippen molar-refractivity contribution in [3.05, 3.63) is 78.1 Å². The van der Waals surface area contributed by atoms with Crippen LogP contribution in [-0.4, -0.2) is 42.7 Å². The van der Waals surface area contributed by atoms with Crippen molar-refractivity contribution in [1.29, 1.82) is 0 Å². The number of ether oxygens (including phenoxy) is 3. The summed E-state index contributed by atoms with van der Waals surface area (Å²) in [6, 6.07) is 19.4. The minimum Gasteiger partial charge on any atom is -0.493 e. The molecule has 0 aliphatic rings. The van der Waals surface area contributed by atoms with Crippen LogP contribution in [-0.2, 0) is 11.3 Å². The molecule has 0 saturated carbocycles. The second-order valence-electron chi connectivity index (χ2n) is 8.07. The highest BCUT2D eigenvalue weighted by molar-refractivity contribution is 5.95. The van der Waals surface area contributed by atoms with Crippen LogP contribution in [0.1, 0.15) is 29.1 Å². The summed E-state index contributed by atoms with van der Waals surface area (Å²) in [6.07, 6.45) is 0. The molecule has 0 bridgehead atoms. The Morgan fingerprint density at radius 1 is 0.917 bits per heavy atom. The maximum Gasteiger partial charge on any atom is 0.251 e. The molecule has 0 spiro atoms. The molecule has 36 heavy (non-hydrogen) atoms. The quantitative estimate of drug-likeness (QED) is 0.366. The average Bonchev–Trinajstić information content (AvgIpc) is 3.26. The summed E-state index contributed by atoms with van der Waals surface area (Å²) in [5.41, 5.74) is 2.56. The van der Waals surface area contributed by atoms with Crippen molar-refractivity contribution in [1.82, 2.24) is 14.9 Å². The number of hydrogen-bond acceptors (Lipinski definition) is 6. The largest absolute Gasteiger partial charge is 0.493 e. The van der Waals surface area contributed by atoms with E-state index in [0.29, 0.717) is 34.3 Å². The van der Waals surface area contributed by atoms with Crippen molar-refractivity contribution < 1.29 is 23.8 Å². The number of para-hydroxylation sites is 2. The predicted molar refractivity (Wildman–Crippen MR) is 137 cm³/mol. The second-order valence-corrected chi connectivity index (χ2v) is 8.07. The average molecular weight is 489 g/mol. The van der Waals surface area contributed by atoms with Gasteiger partial charge in [0.25, 0.3) is 5.91 Å². The van der Waals surface area contributed by atoms with Crippen molar-refractivity contribution in [2.75, 3.05) is 26.6 Å². The monoisotopic (exact) mass is 488 g/mol. The Morgan fingerprint density at radius 2 is 1.56 bits per heavy atom. The summed E-state index contributed by atoms with van der Waals surface area (Å²) < 4.78 is 17.9. The van der Waals surface area contributed by atoms with Crippen molar-refractivity contribution in [2.45, 2.75) is 19.5 Å². The van der Waals surface area contributed by atoms with Crippen molar-refractivity contribution >= 4 is 28.5 Å². The third-order valence-electron chi connectivity index (χ3n) is 5.71. The lowest BCUT2D eigenvalue weighted by Crippen LogP contribution is -2.30. The van der Waals surface area contributed by atoms with E-state index in [9.17, 15) is 9.59 Å². The van der Waals surface area contributed by atoms with Crippen LogP contribution in [0.4, 0.5) is 5.69 Å². The summed E-state index contributed by atoms with van der Waals surface area (Å²) >= 11 is 0. The molecule has 1 aromatic heterocycles. The number of anilines is 1. The number of nitrogens with one attached hydrogen (secondary N) is 2. The molecule has 3 aromatic carbocycles. The van der Waals surface area contributed by atoms with Gasteiger partial charge in [0.1, 0.15) is 12.4 Å². The first-order chi connectivity index (χ1) is 17.4. The van der Waals surface area contributed by atoms with E-state index in [1.54, 1.807) is 28.8 Å². The van der Waals surface area contributed by atoms with Gasteiger partial charge in [0, 0.05) is 23.4 Å². The zero-order valence-electron chi connectivity index (χ0n) is 20.6. The molecule has 0 radical (unpaired) electrons. The Hall–Kier alpha value is -4.53. The minimum absolute atomic E-state index is 0.0158. The van der Waals surface area contributed by atoms with Gasteiger partial charge in [0.15, 0.2) is 11.5 Å². The summed E-state index contributed by atoms with van der Waals surface area (Å²) in [5, 5.41) is 5.87. The highest BCUT2D eigenvalue weighted by Crippen LogP contribution is 2.40. The zero-order valence-corrected chi connectivity index (χ0v) is 20.6. The number of aromatic nitrogens is 2. The van der Waals surface area contributed by atoms with Gasteiger partial charge in [-0.2, -0.15) is 0 Å². The van der Waals surface area contributed by atoms with Gasteiger partial charge < -0.3 is 29.4 Å². The van der Waals surface area contributed by atoms with Crippen LogP contribution in [0.3, 0.4) is 0 Å². The van der Waals surface area contributed by atoms with Gasteiger partial charge in [-0.1, -0.05) is 30.3 Å². The van der Waals surface area contributed by atoms with E-state index in [4.69, 9.17) is 19.2 Å². The van der Waals surface area contributed by atoms with Crippen LogP contribution in [0.5, 0.6) is 17.2 Å². The third kappa shape index (κ3) is 5.10. The van der Waals surface area contributed by atoms with Crippen LogP contribution >= 0.6 is 0 Å². The van der Waals surface area contributed by atoms with Crippen LogP contribution < -0.4 is 24.8 Å². The first-order valence-corrected chi connectivity index (χ1v) is 11.4. The lowest BCUT2D eigenvalue weighted by atomic mass is 10.2. The molecule has 0 aliphatic carbocycles. The lowest BCUT2D eigenvalue weighted by molar-refractivity contribution is -0.116. The number of rotatable bonds is 9. The van der Waals surface area contributed by atoms with Gasteiger partial charge in [0.05, 0.1) is 38.4 Å². The van der Waals surface area contributed by atoms with E-state index in [1.807, 2.05) is 49.4 Å². The molecule has 9 nitrogen and oxygen atoms in total. The third-order valence-corrected chi connectivity index (χ3v) is 5.71. The smallest absolute Gasteiger partial charge is 0.251 e. The Bertz CT molecular complexity index is 1360. The number of carbonyl (C=O) groups is 2. The highest BCUT2D eigenvalue weighted by atomic mass is 16.5. The Kier molecular flexibility index (Phi) is 7.39. The van der Waals surface area contributed by atoms with E-state index in [2.05, 4.69) is 10.6 Å². The Labute approximate surface area is 209 Å². The molecule has 0 fully saturated rings. The molecule has 0 aliphatic heterocycles. The second kappa shape index (κ2) is 10.8. The molecule has 4 rings (SSSR count). The fourth-order valence-electron chi connectivity index (χ4n) is 4.02. The van der Waals surface area contributed by atoms with E-state index < -0.39 is 6.04 Å². The summed E-state index contributed by atoms with van der Waals surface area (Å²) in [4.78, 5) is 30.6. The van der Waals surface area contributed by atoms with Crippen LogP contribution in [0, 0.1) is 0 Å². The molecule has 1 atom stereocenters. The lowest BCUT2D eigenvalue weighted by Gasteiger charge is -2.17. The Morgan fingerprint density at radius 3 is 2.19 bits per heavy atom. The number of nitrogens with zero attached hydrogens (tertiary/aromatic N) is 2. The maximum atomic E-state index is 13.1. The number of carbonyl (C=O) groups excluding carboxylic acids is 2. The molecule has 186 valence electrons. The predicted octanol–water partition coefficient (Wildman–Crippen LogP) is 4.19. The molecular formula is C27H28N4O5. The van der Waals surface area contributed by atoms with E-state index in [-0.39, 0.29) is 18.4 Å². The van der Waals surface area contributed by atoms with Crippen LogP contribution in [0.25, 0.3) is 11.0 Å². The van der Waals surface area contributed by atoms with Gasteiger partial charge in [-0.3, -0.25) is 9.59 Å². The SMILES string of the molecule is COc1cc(NC(=O)Cn2c(C(C)NC(=O)c3ccccc3)nc3ccccc32)cc(OC)c1OC. The summed E-state index contributed by atoms with van der Waals surface area (Å²) in [7, 11) is 4.54. The molecule has 4 aromatic rings. The fourth-order valence-corrected chi connectivity index (χ4v) is 4.02. The van der Waals surface area contributed by atoms with Gasteiger partial charge in [-0.25, -0.2) is 4.98 Å². The van der Waals surface area contributed by atoms with Gasteiger partial charge >= 0.3 is 0 Å². The van der Waals surface area contributed by atoms with Gasteiger partial charge in [-0.15, -0.1) is 0 Å². The van der Waals surface area contributed by atoms with Crippen molar-refractivity contribution in [2.24, 2.45) is 0 Å². The van der Waals surface area contributed by atoms with Crippen molar-refractivity contribution in [3.63, 3.8) is 0 Å². The van der Waals surface area contributed by atoms with E-state index in [0.717, 1.165) is 11.0 Å². The maximum absolute atomic E-state index is 13.1. The molecule has 9 heteroatoms. The number of fused-ring (bicyclic) bond motifs is 1. The molecule has 2 amide bonds. The minimum atomic E-state index is -0.445. The molecular weight excluding hydrogens is 460 g/mol. The zero-order chi connectivity index (χ0) is 25.7. The van der Waals surface area contributed by atoms with Crippen LogP contribution in [0.15, 0.2) is 66.7 Å². The topological polar surface area (TPSA) is 104 Å². The van der Waals surface area contributed by atoms with E-state index >= 15 is 0 Å². The summed E-state index contributed by atoms with van der Waals surface area (Å²) in [5.74, 6) is 1.36. The number of methoxy groups -OCH3 is 3. The number of hydrogen-bond donors (Lipinski definition) is 2. The standard InChI is InChI=1S/C27H28N4O5/c1-17(28-27(33)18-10-6-5-7-11-18)26-30-20-12-8-9-13-21(20)31(26)16-24(32)29-19-14-22(34-2)25(36-4)23(15-19)35-3/h5-15,17H,16H2,1-4H3,(H,28,33)(H,29,32). The number of benzene rings is 3. The molecule has 2 N–H and O–H groups in total. The normalized spacial score (nSPS) is 11.6. The van der Waals surface area contributed by atoms with Gasteiger partial charge in [0.2, 0.25) is 11.7 Å². The van der Waals surface area contributed by atoms with E-state index in [1.165, 1.54) is 21.3 Å². The van der Waals surface area contributed by atoms with Gasteiger partial charge in [-0.05, 0) is 31.2 Å². The number of imidazole rings is 1. The van der Waals surface area contributed by atoms with Crippen molar-refractivity contribution in [3.8, 4) is 17.2 Å².